The van der Waals surface area contributed by atoms with E-state index in [-0.39, 0.29) is 17.7 Å². The Kier molecular flexibility index (Phi) is 5.33. The third-order valence-electron chi connectivity index (χ3n) is 3.12. The van der Waals surface area contributed by atoms with Crippen LogP contribution in [0.5, 0.6) is 0 Å². The molecular weight excluding hydrogens is 367 g/mol. The van der Waals surface area contributed by atoms with E-state index in [0.29, 0.717) is 10.2 Å². The Hall–Kier alpha value is -2.41. The largest absolute Gasteiger partial charge is 0.480 e. The quantitative estimate of drug-likeness (QED) is 0.781. The first-order valence-electron chi connectivity index (χ1n) is 6.67. The number of rotatable bonds is 5. The molecule has 23 heavy (non-hydrogen) atoms. The predicted octanol–water partition coefficient (Wildman–Crippen LogP) is 2.90. The smallest absolute Gasteiger partial charge is 0.323 e. The van der Waals surface area contributed by atoms with Crippen LogP contribution in [0.25, 0.3) is 0 Å². The van der Waals surface area contributed by atoms with Crippen LogP contribution < -0.4 is 5.73 Å². The van der Waals surface area contributed by atoms with Crippen LogP contribution in [0.3, 0.4) is 0 Å². The standard InChI is InChI=1S/C16H14BrFN2O3/c17-12-5-4-11(14(18)7-12)8-20(9-15(21)22)16(23)10-2-1-3-13(19)6-10/h1-7H,8-9,19H2,(H,21,22). The van der Waals surface area contributed by atoms with Crippen LogP contribution in [-0.4, -0.2) is 28.4 Å². The van der Waals surface area contributed by atoms with Gasteiger partial charge in [0.2, 0.25) is 0 Å². The lowest BCUT2D eigenvalue weighted by atomic mass is 10.1. The van der Waals surface area contributed by atoms with Gasteiger partial charge in [0.05, 0.1) is 0 Å². The number of aliphatic carboxylic acids is 1. The number of amides is 1. The van der Waals surface area contributed by atoms with E-state index >= 15 is 0 Å². The second-order valence-corrected chi connectivity index (χ2v) is 5.83. The molecule has 0 aliphatic heterocycles. The number of carbonyl (C=O) groups is 2. The molecule has 2 aromatic rings. The fraction of sp³-hybridized carbons (Fsp3) is 0.125. The highest BCUT2D eigenvalue weighted by molar-refractivity contribution is 9.10. The Labute approximate surface area is 140 Å². The minimum Gasteiger partial charge on any atom is -0.480 e. The van der Waals surface area contributed by atoms with Crippen molar-refractivity contribution in [3.63, 3.8) is 0 Å². The van der Waals surface area contributed by atoms with Gasteiger partial charge in [0.1, 0.15) is 12.4 Å². The molecule has 7 heteroatoms. The molecule has 0 heterocycles. The van der Waals surface area contributed by atoms with Gasteiger partial charge in [-0.3, -0.25) is 9.59 Å². The lowest BCUT2D eigenvalue weighted by molar-refractivity contribution is -0.137. The maximum atomic E-state index is 13.9. The van der Waals surface area contributed by atoms with E-state index in [0.717, 1.165) is 4.90 Å². The zero-order chi connectivity index (χ0) is 17.0. The van der Waals surface area contributed by atoms with Gasteiger partial charge < -0.3 is 15.7 Å². The minimum absolute atomic E-state index is 0.154. The summed E-state index contributed by atoms with van der Waals surface area (Å²) < 4.78 is 14.5. The number of nitrogens with zero attached hydrogens (tertiary/aromatic N) is 1. The van der Waals surface area contributed by atoms with E-state index in [4.69, 9.17) is 10.8 Å². The number of hydrogen-bond donors (Lipinski definition) is 2. The molecule has 0 radical (unpaired) electrons. The number of nitrogen functional groups attached to an aromatic ring is 1. The van der Waals surface area contributed by atoms with Crippen molar-refractivity contribution in [2.75, 3.05) is 12.3 Å². The third kappa shape index (κ3) is 4.53. The number of hydrogen-bond acceptors (Lipinski definition) is 3. The molecule has 2 rings (SSSR count). The summed E-state index contributed by atoms with van der Waals surface area (Å²) in [5.74, 6) is -2.23. The van der Waals surface area contributed by atoms with Gasteiger partial charge in [-0.25, -0.2) is 4.39 Å². The Bertz CT molecular complexity index is 752. The van der Waals surface area contributed by atoms with Crippen molar-refractivity contribution in [2.24, 2.45) is 0 Å². The molecule has 0 atom stereocenters. The lowest BCUT2D eigenvalue weighted by Gasteiger charge is -2.21. The van der Waals surface area contributed by atoms with Crippen LogP contribution >= 0.6 is 15.9 Å². The molecule has 0 bridgehead atoms. The van der Waals surface area contributed by atoms with E-state index < -0.39 is 24.2 Å². The first-order valence-corrected chi connectivity index (χ1v) is 7.46. The Balaban J connectivity index is 2.29. The molecule has 0 aliphatic rings. The number of carboxylic acid groups (broad SMARTS) is 1. The highest BCUT2D eigenvalue weighted by Crippen LogP contribution is 2.18. The van der Waals surface area contributed by atoms with Gasteiger partial charge in [-0.2, -0.15) is 0 Å². The van der Waals surface area contributed by atoms with Crippen LogP contribution in [0.4, 0.5) is 10.1 Å². The summed E-state index contributed by atoms with van der Waals surface area (Å²) >= 11 is 3.15. The van der Waals surface area contributed by atoms with Crippen molar-refractivity contribution in [2.45, 2.75) is 6.54 Å². The molecule has 0 spiro atoms. The van der Waals surface area contributed by atoms with E-state index in [2.05, 4.69) is 15.9 Å². The van der Waals surface area contributed by atoms with Gasteiger partial charge in [-0.05, 0) is 30.3 Å². The molecule has 120 valence electrons. The van der Waals surface area contributed by atoms with Crippen LogP contribution in [0.2, 0.25) is 0 Å². The normalized spacial score (nSPS) is 10.3. The molecule has 0 aliphatic carbocycles. The van der Waals surface area contributed by atoms with Crippen LogP contribution in [-0.2, 0) is 11.3 Å². The fourth-order valence-electron chi connectivity index (χ4n) is 2.07. The molecule has 0 saturated carbocycles. The lowest BCUT2D eigenvalue weighted by Crippen LogP contribution is -2.35. The Morgan fingerprint density at radius 1 is 1.22 bits per heavy atom. The Morgan fingerprint density at radius 3 is 2.57 bits per heavy atom. The molecule has 0 fully saturated rings. The van der Waals surface area contributed by atoms with Crippen molar-refractivity contribution in [1.82, 2.24) is 4.90 Å². The van der Waals surface area contributed by atoms with E-state index in [9.17, 15) is 14.0 Å². The van der Waals surface area contributed by atoms with Crippen molar-refractivity contribution in [3.8, 4) is 0 Å². The first kappa shape index (κ1) is 17.0. The SMILES string of the molecule is Nc1cccc(C(=O)N(CC(=O)O)Cc2ccc(Br)cc2F)c1. The summed E-state index contributed by atoms with van der Waals surface area (Å²) in [4.78, 5) is 24.6. The van der Waals surface area contributed by atoms with E-state index in [1.807, 2.05) is 0 Å². The maximum Gasteiger partial charge on any atom is 0.323 e. The third-order valence-corrected chi connectivity index (χ3v) is 3.62. The summed E-state index contributed by atoms with van der Waals surface area (Å²) in [6.07, 6.45) is 0. The second-order valence-electron chi connectivity index (χ2n) is 4.92. The minimum atomic E-state index is -1.18. The number of carbonyl (C=O) groups excluding carboxylic acids is 1. The molecule has 0 unspecified atom stereocenters. The summed E-state index contributed by atoms with van der Waals surface area (Å²) in [5.41, 5.74) is 6.51. The topological polar surface area (TPSA) is 83.6 Å². The van der Waals surface area contributed by atoms with Crippen molar-refractivity contribution < 1.29 is 19.1 Å². The highest BCUT2D eigenvalue weighted by atomic mass is 79.9. The summed E-state index contributed by atoms with van der Waals surface area (Å²) in [5, 5.41) is 9.01. The van der Waals surface area contributed by atoms with Crippen LogP contribution in [0.15, 0.2) is 46.9 Å². The van der Waals surface area contributed by atoms with Crippen molar-refractivity contribution in [1.29, 1.82) is 0 Å². The zero-order valence-electron chi connectivity index (χ0n) is 12.0. The average Bonchev–Trinajstić information content (AvgIpc) is 2.48. The molecule has 3 N–H and O–H groups in total. The first-order chi connectivity index (χ1) is 10.9. The number of anilines is 1. The van der Waals surface area contributed by atoms with Crippen molar-refractivity contribution >= 4 is 33.5 Å². The average molecular weight is 381 g/mol. The van der Waals surface area contributed by atoms with E-state index in [1.54, 1.807) is 18.2 Å². The number of halogens is 2. The summed E-state index contributed by atoms with van der Waals surface area (Å²) in [6.45, 7) is -0.692. The highest BCUT2D eigenvalue weighted by Gasteiger charge is 2.20. The van der Waals surface area contributed by atoms with Gasteiger partial charge in [-0.15, -0.1) is 0 Å². The fourth-order valence-corrected chi connectivity index (χ4v) is 2.41. The number of benzene rings is 2. The zero-order valence-corrected chi connectivity index (χ0v) is 13.6. The maximum absolute atomic E-state index is 13.9. The summed E-state index contributed by atoms with van der Waals surface area (Å²) in [6, 6.07) is 10.6. The van der Waals surface area contributed by atoms with Crippen molar-refractivity contribution in [3.05, 3.63) is 63.9 Å². The predicted molar refractivity (Wildman–Crippen MR) is 87.3 cm³/mol. The molecule has 0 saturated heterocycles. The van der Waals surface area contributed by atoms with Gasteiger partial charge in [0, 0.05) is 27.8 Å². The van der Waals surface area contributed by atoms with Gasteiger partial charge in [0.15, 0.2) is 0 Å². The number of carboxylic acids is 1. The summed E-state index contributed by atoms with van der Waals surface area (Å²) in [7, 11) is 0. The molecule has 5 nitrogen and oxygen atoms in total. The Morgan fingerprint density at radius 2 is 1.96 bits per heavy atom. The molecular formula is C16H14BrFN2O3. The van der Waals surface area contributed by atoms with E-state index in [1.165, 1.54) is 24.3 Å². The van der Waals surface area contributed by atoms with Gasteiger partial charge in [0.25, 0.3) is 5.91 Å². The number of nitrogens with two attached hydrogens (primary N) is 1. The van der Waals surface area contributed by atoms with Crippen LogP contribution in [0, 0.1) is 5.82 Å². The molecule has 0 aromatic heterocycles. The van der Waals surface area contributed by atoms with Gasteiger partial charge >= 0.3 is 5.97 Å². The monoisotopic (exact) mass is 380 g/mol. The van der Waals surface area contributed by atoms with Gasteiger partial charge in [-0.1, -0.05) is 28.1 Å². The molecule has 2 aromatic carbocycles. The second kappa shape index (κ2) is 7.23. The van der Waals surface area contributed by atoms with Crippen LogP contribution in [0.1, 0.15) is 15.9 Å². The molecule has 1 amide bonds.